The average Bonchev–Trinajstić information content (AvgIpc) is 2.58. The number of anilines is 1. The maximum Gasteiger partial charge on any atom is 0.138 e. The Morgan fingerprint density at radius 2 is 1.96 bits per heavy atom. The van der Waals surface area contributed by atoms with Crippen LogP contribution < -0.4 is 10.2 Å². The van der Waals surface area contributed by atoms with Crippen molar-refractivity contribution in [2.75, 3.05) is 45.3 Å². The summed E-state index contributed by atoms with van der Waals surface area (Å²) in [5.74, 6) is 0.928. The number of pyridine rings is 1. The minimum absolute atomic E-state index is 0.531. The molecule has 4 nitrogen and oxygen atoms in total. The number of ether oxygens (including phenoxy) is 1. The first-order valence-electron chi connectivity index (χ1n) is 8.18. The van der Waals surface area contributed by atoms with E-state index in [0.717, 1.165) is 49.3 Å². The lowest BCUT2D eigenvalue weighted by molar-refractivity contribution is 0.194. The summed E-state index contributed by atoms with van der Waals surface area (Å²) in [4.78, 5) is 6.61. The molecule has 0 atom stereocenters. The summed E-state index contributed by atoms with van der Waals surface area (Å²) in [6, 6.07) is 10.1. The zero-order valence-electron chi connectivity index (χ0n) is 14.6. The third-order valence-electron chi connectivity index (χ3n) is 3.38. The highest BCUT2D eigenvalue weighted by molar-refractivity contribution is 6.30. The van der Waals surface area contributed by atoms with E-state index in [2.05, 4.69) is 27.3 Å². The number of likely N-dealkylation sites (N-methyl/N-ethyl adjacent to an activating group) is 1. The second kappa shape index (κ2) is 11.2. The van der Waals surface area contributed by atoms with Gasteiger partial charge in [0.1, 0.15) is 11.0 Å². The fourth-order valence-corrected chi connectivity index (χ4v) is 2.46. The van der Waals surface area contributed by atoms with Gasteiger partial charge in [-0.05, 0) is 24.4 Å². The highest BCUT2D eigenvalue weighted by atomic mass is 35.5. The molecule has 0 fully saturated rings. The standard InChI is InChI=1S/C16H22ClN3O.C2H6/c1-20(10-9-18-8-5-11-21-2)16-14-7-4-3-6-13(14)12-15(17)19-16;1-2/h3-4,6-7,12,18H,5,8-11H2,1-2H3;1-2H3. The molecule has 0 saturated heterocycles. The molecule has 5 heteroatoms. The summed E-state index contributed by atoms with van der Waals surface area (Å²) in [6.45, 7) is 7.54. The molecular weight excluding hydrogens is 310 g/mol. The number of nitrogens with one attached hydrogen (secondary N) is 1. The molecule has 1 N–H and O–H groups in total. The predicted molar refractivity (Wildman–Crippen MR) is 101 cm³/mol. The Labute approximate surface area is 144 Å². The van der Waals surface area contributed by atoms with Gasteiger partial charge in [0.05, 0.1) is 0 Å². The smallest absolute Gasteiger partial charge is 0.138 e. The van der Waals surface area contributed by atoms with Crippen molar-refractivity contribution < 1.29 is 4.74 Å². The Morgan fingerprint density at radius 3 is 2.70 bits per heavy atom. The van der Waals surface area contributed by atoms with Gasteiger partial charge in [0.2, 0.25) is 0 Å². The molecule has 0 bridgehead atoms. The van der Waals surface area contributed by atoms with Gasteiger partial charge in [-0.1, -0.05) is 49.7 Å². The zero-order valence-corrected chi connectivity index (χ0v) is 15.4. The van der Waals surface area contributed by atoms with Crippen LogP contribution in [0.15, 0.2) is 30.3 Å². The fourth-order valence-electron chi connectivity index (χ4n) is 2.26. The number of nitrogens with zero attached hydrogens (tertiary/aromatic N) is 2. The van der Waals surface area contributed by atoms with E-state index in [-0.39, 0.29) is 0 Å². The van der Waals surface area contributed by atoms with Crippen LogP contribution in [0.1, 0.15) is 20.3 Å². The number of aromatic nitrogens is 1. The van der Waals surface area contributed by atoms with E-state index >= 15 is 0 Å². The van der Waals surface area contributed by atoms with Crippen LogP contribution in [0.3, 0.4) is 0 Å². The maximum absolute atomic E-state index is 6.12. The quantitative estimate of drug-likeness (QED) is 0.584. The van der Waals surface area contributed by atoms with Crippen LogP contribution in [0.25, 0.3) is 10.8 Å². The third-order valence-corrected chi connectivity index (χ3v) is 3.57. The minimum atomic E-state index is 0.531. The van der Waals surface area contributed by atoms with Crippen LogP contribution in [0.5, 0.6) is 0 Å². The molecule has 0 aliphatic heterocycles. The fraction of sp³-hybridized carbons (Fsp3) is 0.500. The molecule has 0 spiro atoms. The molecule has 23 heavy (non-hydrogen) atoms. The molecule has 128 valence electrons. The van der Waals surface area contributed by atoms with E-state index in [9.17, 15) is 0 Å². The number of benzene rings is 1. The summed E-state index contributed by atoms with van der Waals surface area (Å²) in [7, 11) is 3.77. The Kier molecular flexibility index (Phi) is 9.60. The normalized spacial score (nSPS) is 10.3. The van der Waals surface area contributed by atoms with Crippen LogP contribution in [0, 0.1) is 0 Å². The lowest BCUT2D eigenvalue weighted by Gasteiger charge is -2.20. The number of methoxy groups -OCH3 is 1. The zero-order chi connectivity index (χ0) is 17.1. The highest BCUT2D eigenvalue weighted by Gasteiger charge is 2.09. The monoisotopic (exact) mass is 337 g/mol. The van der Waals surface area contributed by atoms with Crippen LogP contribution in [0.4, 0.5) is 5.82 Å². The minimum Gasteiger partial charge on any atom is -0.385 e. The van der Waals surface area contributed by atoms with Crippen molar-refractivity contribution in [1.82, 2.24) is 10.3 Å². The Morgan fingerprint density at radius 1 is 1.22 bits per heavy atom. The molecule has 1 aromatic carbocycles. The second-order valence-corrected chi connectivity index (χ2v) is 5.39. The molecule has 0 saturated carbocycles. The number of rotatable bonds is 8. The van der Waals surface area contributed by atoms with Crippen LogP contribution in [-0.4, -0.2) is 45.4 Å². The van der Waals surface area contributed by atoms with Gasteiger partial charge in [0.15, 0.2) is 0 Å². The number of halogens is 1. The number of hydrogen-bond acceptors (Lipinski definition) is 4. The molecule has 2 rings (SSSR count). The molecule has 1 aromatic heterocycles. The van der Waals surface area contributed by atoms with Gasteiger partial charge in [-0.15, -0.1) is 0 Å². The number of hydrogen-bond donors (Lipinski definition) is 1. The van der Waals surface area contributed by atoms with Crippen molar-refractivity contribution in [1.29, 1.82) is 0 Å². The first kappa shape index (κ1) is 19.7. The molecule has 2 aromatic rings. The van der Waals surface area contributed by atoms with Crippen molar-refractivity contribution >= 4 is 28.2 Å². The first-order valence-corrected chi connectivity index (χ1v) is 8.56. The van der Waals surface area contributed by atoms with Gasteiger partial charge < -0.3 is 15.0 Å². The summed E-state index contributed by atoms with van der Waals surface area (Å²) >= 11 is 6.12. The molecule has 0 unspecified atom stereocenters. The van der Waals surface area contributed by atoms with E-state index in [4.69, 9.17) is 16.3 Å². The van der Waals surface area contributed by atoms with Crippen LogP contribution >= 0.6 is 11.6 Å². The summed E-state index contributed by atoms with van der Waals surface area (Å²) in [6.07, 6.45) is 1.03. The van der Waals surface area contributed by atoms with E-state index in [1.165, 1.54) is 0 Å². The first-order chi connectivity index (χ1) is 11.2. The molecular formula is C18H28ClN3O. The van der Waals surface area contributed by atoms with Gasteiger partial charge in [-0.3, -0.25) is 0 Å². The van der Waals surface area contributed by atoms with Gasteiger partial charge in [0, 0.05) is 39.2 Å². The second-order valence-electron chi connectivity index (χ2n) is 5.01. The number of fused-ring (bicyclic) bond motifs is 1. The molecule has 0 aliphatic rings. The highest BCUT2D eigenvalue weighted by Crippen LogP contribution is 2.26. The summed E-state index contributed by atoms with van der Waals surface area (Å²) < 4.78 is 5.03. The lowest BCUT2D eigenvalue weighted by Crippen LogP contribution is -2.30. The average molecular weight is 338 g/mol. The van der Waals surface area contributed by atoms with E-state index in [1.807, 2.05) is 39.1 Å². The van der Waals surface area contributed by atoms with Gasteiger partial charge in [-0.2, -0.15) is 0 Å². The topological polar surface area (TPSA) is 37.4 Å². The summed E-state index contributed by atoms with van der Waals surface area (Å²) in [5.41, 5.74) is 0. The Balaban J connectivity index is 0.00000127. The van der Waals surface area contributed by atoms with E-state index < -0.39 is 0 Å². The molecule has 0 aliphatic carbocycles. The van der Waals surface area contributed by atoms with E-state index in [1.54, 1.807) is 7.11 Å². The molecule has 0 radical (unpaired) electrons. The SMILES string of the molecule is CC.COCCCNCCN(C)c1nc(Cl)cc2ccccc12. The van der Waals surface area contributed by atoms with E-state index in [0.29, 0.717) is 5.15 Å². The predicted octanol–water partition coefficient (Wildman–Crippen LogP) is 3.98. The van der Waals surface area contributed by atoms with Gasteiger partial charge in [0.25, 0.3) is 0 Å². The van der Waals surface area contributed by atoms with Crippen molar-refractivity contribution in [3.05, 3.63) is 35.5 Å². The Bertz CT molecular complexity index is 577. The third kappa shape index (κ3) is 6.34. The Hall–Kier alpha value is -1.36. The van der Waals surface area contributed by atoms with Crippen LogP contribution in [0.2, 0.25) is 5.15 Å². The van der Waals surface area contributed by atoms with Crippen molar-refractivity contribution in [3.63, 3.8) is 0 Å². The summed E-state index contributed by atoms with van der Waals surface area (Å²) in [5, 5.41) is 6.18. The lowest BCUT2D eigenvalue weighted by atomic mass is 10.1. The van der Waals surface area contributed by atoms with Gasteiger partial charge in [-0.25, -0.2) is 4.98 Å². The van der Waals surface area contributed by atoms with Crippen molar-refractivity contribution in [2.24, 2.45) is 0 Å². The van der Waals surface area contributed by atoms with Crippen molar-refractivity contribution in [3.8, 4) is 0 Å². The van der Waals surface area contributed by atoms with Crippen molar-refractivity contribution in [2.45, 2.75) is 20.3 Å². The molecule has 1 heterocycles. The van der Waals surface area contributed by atoms with Gasteiger partial charge >= 0.3 is 0 Å². The largest absolute Gasteiger partial charge is 0.385 e. The maximum atomic E-state index is 6.12. The molecule has 0 amide bonds. The van der Waals surface area contributed by atoms with Crippen LogP contribution in [-0.2, 0) is 4.74 Å².